The lowest BCUT2D eigenvalue weighted by Gasteiger charge is -2.52. The summed E-state index contributed by atoms with van der Waals surface area (Å²) in [6.07, 6.45) is 8.95. The number of aryl methyl sites for hydroxylation is 1. The van der Waals surface area contributed by atoms with Crippen molar-refractivity contribution in [1.29, 1.82) is 0 Å². The van der Waals surface area contributed by atoms with Crippen molar-refractivity contribution in [3.63, 3.8) is 0 Å². The number of benzene rings is 2. The van der Waals surface area contributed by atoms with Gasteiger partial charge in [-0.3, -0.25) is 0 Å². The topological polar surface area (TPSA) is 21.7 Å². The van der Waals surface area contributed by atoms with E-state index in [1.54, 1.807) is 25.3 Å². The van der Waals surface area contributed by atoms with Crippen LogP contribution < -0.4 is 4.90 Å². The monoisotopic (exact) mass is 405 g/mol. The zero-order valence-corrected chi connectivity index (χ0v) is 18.5. The zero-order chi connectivity index (χ0) is 20.6. The van der Waals surface area contributed by atoms with Gasteiger partial charge in [-0.2, -0.15) is 0 Å². The minimum atomic E-state index is -0.0698. The number of nitrogens with zero attached hydrogens (tertiary/aromatic N) is 1. The van der Waals surface area contributed by atoms with E-state index in [-0.39, 0.29) is 6.29 Å². The van der Waals surface area contributed by atoms with Crippen LogP contribution in [-0.2, 0) is 15.9 Å². The Hall–Kier alpha value is -1.84. The number of hydrogen-bond acceptors (Lipinski definition) is 3. The van der Waals surface area contributed by atoms with E-state index in [0.717, 1.165) is 25.9 Å². The first-order valence-corrected chi connectivity index (χ1v) is 11.7. The van der Waals surface area contributed by atoms with Gasteiger partial charge in [0.1, 0.15) is 0 Å². The van der Waals surface area contributed by atoms with Crippen LogP contribution in [0.1, 0.15) is 61.1 Å². The zero-order valence-electron chi connectivity index (χ0n) is 18.5. The predicted octanol–water partition coefficient (Wildman–Crippen LogP) is 5.77. The highest BCUT2D eigenvalue weighted by molar-refractivity contribution is 5.51. The third-order valence-electron chi connectivity index (χ3n) is 8.20. The summed E-state index contributed by atoms with van der Waals surface area (Å²) in [4.78, 5) is 2.52. The summed E-state index contributed by atoms with van der Waals surface area (Å²) in [6.45, 7) is 2.15. The summed E-state index contributed by atoms with van der Waals surface area (Å²) in [7, 11) is 3.50. The molecule has 2 aromatic carbocycles. The largest absolute Gasteiger partial charge is 0.372 e. The van der Waals surface area contributed by atoms with Crippen LogP contribution in [0.5, 0.6) is 0 Å². The normalized spacial score (nSPS) is 23.4. The maximum atomic E-state index is 5.49. The second-order valence-electron chi connectivity index (χ2n) is 9.60. The molecule has 1 saturated carbocycles. The second-order valence-corrected chi connectivity index (χ2v) is 9.60. The van der Waals surface area contributed by atoms with E-state index < -0.39 is 0 Å². The van der Waals surface area contributed by atoms with Crippen molar-refractivity contribution < 1.29 is 9.47 Å². The molecule has 3 nitrogen and oxygen atoms in total. The number of ether oxygens (including phenoxy) is 2. The first-order valence-electron chi connectivity index (χ1n) is 11.7. The Morgan fingerprint density at radius 3 is 2.23 bits per heavy atom. The molecule has 3 heteroatoms. The van der Waals surface area contributed by atoms with Crippen LogP contribution in [0.15, 0.2) is 48.5 Å². The smallest absolute Gasteiger partial charge is 0.159 e. The molecule has 1 atom stereocenters. The molecule has 1 saturated heterocycles. The summed E-state index contributed by atoms with van der Waals surface area (Å²) in [6, 6.07) is 18.7. The van der Waals surface area contributed by atoms with Crippen molar-refractivity contribution in [2.45, 2.75) is 57.2 Å². The fourth-order valence-electron chi connectivity index (χ4n) is 6.39. The van der Waals surface area contributed by atoms with Crippen molar-refractivity contribution in [3.05, 3.63) is 65.2 Å². The lowest BCUT2D eigenvalue weighted by molar-refractivity contribution is -0.141. The number of anilines is 1. The van der Waals surface area contributed by atoms with Crippen LogP contribution in [0.2, 0.25) is 0 Å². The predicted molar refractivity (Wildman–Crippen MR) is 122 cm³/mol. The Bertz CT molecular complexity index is 845. The highest BCUT2D eigenvalue weighted by Gasteiger charge is 2.47. The fraction of sp³-hybridized carbons (Fsp3) is 0.556. The number of piperidine rings is 1. The van der Waals surface area contributed by atoms with Crippen LogP contribution in [0.4, 0.5) is 5.69 Å². The minimum absolute atomic E-state index is 0.0698. The van der Waals surface area contributed by atoms with Crippen LogP contribution in [0, 0.1) is 11.3 Å². The summed E-state index contributed by atoms with van der Waals surface area (Å²) in [5.74, 6) is 1.06. The van der Waals surface area contributed by atoms with Crippen molar-refractivity contribution in [2.24, 2.45) is 11.3 Å². The summed E-state index contributed by atoms with van der Waals surface area (Å²) in [5, 5.41) is 0. The average Bonchev–Trinajstić information content (AvgIpc) is 2.79. The maximum absolute atomic E-state index is 5.49. The lowest BCUT2D eigenvalue weighted by atomic mass is 9.52. The van der Waals surface area contributed by atoms with Gasteiger partial charge in [-0.1, -0.05) is 42.8 Å². The van der Waals surface area contributed by atoms with Gasteiger partial charge in [0.15, 0.2) is 6.29 Å². The van der Waals surface area contributed by atoms with Crippen LogP contribution in [0.3, 0.4) is 0 Å². The third-order valence-corrected chi connectivity index (χ3v) is 8.20. The highest BCUT2D eigenvalue weighted by atomic mass is 16.7. The van der Waals surface area contributed by atoms with Gasteiger partial charge in [0.25, 0.3) is 0 Å². The Labute approximate surface area is 181 Å². The van der Waals surface area contributed by atoms with E-state index in [4.69, 9.17) is 9.47 Å². The van der Waals surface area contributed by atoms with Crippen molar-refractivity contribution in [3.8, 4) is 0 Å². The van der Waals surface area contributed by atoms with E-state index in [9.17, 15) is 0 Å². The molecule has 0 N–H and O–H groups in total. The van der Waals surface area contributed by atoms with Crippen LogP contribution in [-0.4, -0.2) is 33.6 Å². The van der Waals surface area contributed by atoms with Crippen molar-refractivity contribution >= 4 is 5.69 Å². The van der Waals surface area contributed by atoms with Gasteiger partial charge in [-0.15, -0.1) is 0 Å². The molecular weight excluding hydrogens is 370 g/mol. The van der Waals surface area contributed by atoms with Gasteiger partial charge in [0.05, 0.1) is 0 Å². The van der Waals surface area contributed by atoms with Gasteiger partial charge in [-0.05, 0) is 72.8 Å². The lowest BCUT2D eigenvalue weighted by Crippen LogP contribution is -2.40. The van der Waals surface area contributed by atoms with Crippen LogP contribution >= 0.6 is 0 Å². The van der Waals surface area contributed by atoms with Gasteiger partial charge >= 0.3 is 0 Å². The molecule has 1 spiro atoms. The quantitative estimate of drug-likeness (QED) is 0.590. The van der Waals surface area contributed by atoms with Gasteiger partial charge in [0, 0.05) is 44.8 Å². The molecule has 2 fully saturated rings. The Morgan fingerprint density at radius 1 is 0.900 bits per heavy atom. The standard InChI is InChI=1S/C27H35NO2/c1-29-26(30-2)22-13-18-28(19-14-22)23-10-8-21(9-11-23)25-24-7-4-3-6-20(24)12-17-27(25)15-5-16-27/h3-4,6-11,22,25-26H,5,12-19H2,1-2H3/t25-/m1/s1. The fourth-order valence-corrected chi connectivity index (χ4v) is 6.39. The molecule has 0 aromatic heterocycles. The molecule has 1 heterocycles. The molecule has 30 heavy (non-hydrogen) atoms. The average molecular weight is 406 g/mol. The van der Waals surface area contributed by atoms with E-state index in [2.05, 4.69) is 53.4 Å². The molecule has 0 amide bonds. The second kappa shape index (κ2) is 8.36. The van der Waals surface area contributed by atoms with Gasteiger partial charge in [0.2, 0.25) is 0 Å². The summed E-state index contributed by atoms with van der Waals surface area (Å²) >= 11 is 0. The summed E-state index contributed by atoms with van der Waals surface area (Å²) < 4.78 is 11.0. The van der Waals surface area contributed by atoms with Crippen molar-refractivity contribution in [2.75, 3.05) is 32.2 Å². The van der Waals surface area contributed by atoms with Gasteiger partial charge < -0.3 is 14.4 Å². The highest BCUT2D eigenvalue weighted by Crippen LogP contribution is 2.59. The number of methoxy groups -OCH3 is 2. The number of hydrogen-bond donors (Lipinski definition) is 0. The minimum Gasteiger partial charge on any atom is -0.372 e. The summed E-state index contributed by atoms with van der Waals surface area (Å²) in [5.41, 5.74) is 6.53. The Morgan fingerprint density at radius 2 is 1.60 bits per heavy atom. The van der Waals surface area contributed by atoms with E-state index in [0.29, 0.717) is 17.3 Å². The van der Waals surface area contributed by atoms with E-state index in [1.807, 2.05) is 0 Å². The maximum Gasteiger partial charge on any atom is 0.159 e. The molecular formula is C27H35NO2. The molecule has 5 rings (SSSR count). The Balaban J connectivity index is 1.34. The van der Waals surface area contributed by atoms with Crippen molar-refractivity contribution in [1.82, 2.24) is 0 Å². The third kappa shape index (κ3) is 3.46. The van der Waals surface area contributed by atoms with E-state index >= 15 is 0 Å². The SMILES string of the molecule is COC(OC)C1CCN(c2ccc([C@@H]3c4ccccc4CCC34CCC4)cc2)CC1. The molecule has 3 aliphatic rings. The molecule has 2 aromatic rings. The molecule has 160 valence electrons. The molecule has 2 aliphatic carbocycles. The molecule has 1 aliphatic heterocycles. The first-order chi connectivity index (χ1) is 14.7. The first kappa shape index (κ1) is 20.1. The number of rotatable bonds is 5. The van der Waals surface area contributed by atoms with Gasteiger partial charge in [-0.25, -0.2) is 0 Å². The molecule has 0 bridgehead atoms. The van der Waals surface area contributed by atoms with E-state index in [1.165, 1.54) is 43.4 Å². The molecule has 0 unspecified atom stereocenters. The number of fused-ring (bicyclic) bond motifs is 1. The molecule has 0 radical (unpaired) electrons. The Kier molecular flexibility index (Phi) is 5.59. The van der Waals surface area contributed by atoms with Crippen LogP contribution in [0.25, 0.3) is 0 Å².